The first-order valence-electron chi connectivity index (χ1n) is 6.84. The van der Waals surface area contributed by atoms with Crippen LogP contribution in [0.5, 0.6) is 5.75 Å². The first-order valence-corrected chi connectivity index (χ1v) is 6.84. The second kappa shape index (κ2) is 7.93. The molecule has 1 aromatic carbocycles. The molecule has 0 aliphatic heterocycles. The van der Waals surface area contributed by atoms with E-state index in [9.17, 15) is 13.6 Å². The summed E-state index contributed by atoms with van der Waals surface area (Å²) in [6.07, 6.45) is 1.22. The summed E-state index contributed by atoms with van der Waals surface area (Å²) >= 11 is 0. The summed E-state index contributed by atoms with van der Waals surface area (Å²) in [6, 6.07) is 3.32. The molecule has 1 rings (SSSR count). The van der Waals surface area contributed by atoms with Gasteiger partial charge < -0.3 is 14.8 Å². The third kappa shape index (κ3) is 4.97. The van der Waals surface area contributed by atoms with Gasteiger partial charge in [0.25, 0.3) is 0 Å². The number of ether oxygens (including phenoxy) is 2. The largest absolute Gasteiger partial charge is 0.493 e. The van der Waals surface area contributed by atoms with E-state index in [1.807, 2.05) is 6.92 Å². The fourth-order valence-corrected chi connectivity index (χ4v) is 1.83. The van der Waals surface area contributed by atoms with Crippen molar-refractivity contribution in [3.63, 3.8) is 0 Å². The Morgan fingerprint density at radius 2 is 2.05 bits per heavy atom. The minimum atomic E-state index is -0.965. The van der Waals surface area contributed by atoms with Crippen molar-refractivity contribution in [2.24, 2.45) is 0 Å². The Morgan fingerprint density at radius 1 is 1.33 bits per heavy atom. The fraction of sp³-hybridized carbons (Fsp3) is 0.533. The highest BCUT2D eigenvalue weighted by Crippen LogP contribution is 2.18. The summed E-state index contributed by atoms with van der Waals surface area (Å²) in [6.45, 7) is 4.55. The molecule has 0 saturated heterocycles. The maximum absolute atomic E-state index is 13.0. The molecule has 0 amide bonds. The highest BCUT2D eigenvalue weighted by Gasteiger charge is 2.33. The molecule has 0 radical (unpaired) electrons. The molecule has 0 fully saturated rings. The van der Waals surface area contributed by atoms with Crippen molar-refractivity contribution in [1.29, 1.82) is 0 Å². The third-order valence-corrected chi connectivity index (χ3v) is 3.16. The van der Waals surface area contributed by atoms with Crippen LogP contribution in [0.2, 0.25) is 0 Å². The van der Waals surface area contributed by atoms with E-state index in [2.05, 4.69) is 5.32 Å². The van der Waals surface area contributed by atoms with Gasteiger partial charge in [-0.1, -0.05) is 6.92 Å². The van der Waals surface area contributed by atoms with Gasteiger partial charge in [-0.2, -0.15) is 0 Å². The van der Waals surface area contributed by atoms with Gasteiger partial charge in [0.1, 0.15) is 11.3 Å². The maximum atomic E-state index is 13.0. The number of carbonyl (C=O) groups is 1. The van der Waals surface area contributed by atoms with Crippen molar-refractivity contribution < 1.29 is 23.0 Å². The summed E-state index contributed by atoms with van der Waals surface area (Å²) < 4.78 is 36.0. The summed E-state index contributed by atoms with van der Waals surface area (Å²) in [5.74, 6) is -2.06. The smallest absolute Gasteiger partial charge is 0.325 e. The second-order valence-corrected chi connectivity index (χ2v) is 4.92. The number of rotatable bonds is 8. The molecule has 0 saturated carbocycles. The Bertz CT molecular complexity index is 482. The topological polar surface area (TPSA) is 47.6 Å². The first kappa shape index (κ1) is 17.4. The normalized spacial score (nSPS) is 13.6. The Labute approximate surface area is 123 Å². The number of benzene rings is 1. The zero-order valence-electron chi connectivity index (χ0n) is 12.5. The highest BCUT2D eigenvalue weighted by molar-refractivity contribution is 5.80. The second-order valence-electron chi connectivity index (χ2n) is 4.92. The average Bonchev–Trinajstić information content (AvgIpc) is 2.48. The lowest BCUT2D eigenvalue weighted by atomic mass is 9.98. The molecule has 0 aliphatic carbocycles. The van der Waals surface area contributed by atoms with E-state index in [1.165, 1.54) is 13.2 Å². The van der Waals surface area contributed by atoms with Crippen LogP contribution in [-0.4, -0.2) is 31.8 Å². The Kier molecular flexibility index (Phi) is 6.55. The van der Waals surface area contributed by atoms with E-state index in [0.29, 0.717) is 13.0 Å². The molecule has 0 heterocycles. The minimum Gasteiger partial charge on any atom is -0.493 e. The number of hydrogen-bond donors (Lipinski definition) is 1. The van der Waals surface area contributed by atoms with Gasteiger partial charge in [-0.05, 0) is 32.0 Å². The molecule has 4 nitrogen and oxygen atoms in total. The van der Waals surface area contributed by atoms with Crippen LogP contribution in [0.15, 0.2) is 18.2 Å². The van der Waals surface area contributed by atoms with Gasteiger partial charge in [0.05, 0.1) is 13.7 Å². The minimum absolute atomic E-state index is 0.174. The predicted molar refractivity (Wildman–Crippen MR) is 75.2 cm³/mol. The van der Waals surface area contributed by atoms with Gasteiger partial charge in [0.15, 0.2) is 11.6 Å². The highest BCUT2D eigenvalue weighted by atomic mass is 19.2. The SMILES string of the molecule is CCCNC(C)(CCOc1ccc(F)c(F)c1)C(=O)OC. The van der Waals surface area contributed by atoms with Crippen LogP contribution < -0.4 is 10.1 Å². The summed E-state index contributed by atoms with van der Waals surface area (Å²) in [4.78, 5) is 11.8. The van der Waals surface area contributed by atoms with Crippen LogP contribution in [0.4, 0.5) is 8.78 Å². The van der Waals surface area contributed by atoms with Crippen molar-refractivity contribution in [1.82, 2.24) is 5.32 Å². The number of hydrogen-bond acceptors (Lipinski definition) is 4. The number of methoxy groups -OCH3 is 1. The Balaban J connectivity index is 2.60. The van der Waals surface area contributed by atoms with Gasteiger partial charge in [0.2, 0.25) is 0 Å². The lowest BCUT2D eigenvalue weighted by molar-refractivity contribution is -0.148. The molecule has 6 heteroatoms. The van der Waals surface area contributed by atoms with Crippen LogP contribution in [0.1, 0.15) is 26.7 Å². The molecule has 0 aromatic heterocycles. The third-order valence-electron chi connectivity index (χ3n) is 3.16. The maximum Gasteiger partial charge on any atom is 0.325 e. The van der Waals surface area contributed by atoms with E-state index in [1.54, 1.807) is 6.92 Å². The molecule has 0 aliphatic rings. The molecule has 118 valence electrons. The van der Waals surface area contributed by atoms with Crippen molar-refractivity contribution in [3.8, 4) is 5.75 Å². The molecule has 1 N–H and O–H groups in total. The van der Waals surface area contributed by atoms with Gasteiger partial charge in [0, 0.05) is 12.5 Å². The van der Waals surface area contributed by atoms with Crippen LogP contribution in [0.3, 0.4) is 0 Å². The number of esters is 1. The van der Waals surface area contributed by atoms with Crippen molar-refractivity contribution in [3.05, 3.63) is 29.8 Å². The molecular formula is C15H21F2NO3. The fourth-order valence-electron chi connectivity index (χ4n) is 1.83. The van der Waals surface area contributed by atoms with Gasteiger partial charge in [-0.15, -0.1) is 0 Å². The lowest BCUT2D eigenvalue weighted by Crippen LogP contribution is -2.51. The molecule has 21 heavy (non-hydrogen) atoms. The van der Waals surface area contributed by atoms with Gasteiger partial charge in [-0.25, -0.2) is 8.78 Å². The Hall–Kier alpha value is -1.69. The van der Waals surface area contributed by atoms with Crippen LogP contribution >= 0.6 is 0 Å². The van der Waals surface area contributed by atoms with Crippen LogP contribution in [0.25, 0.3) is 0 Å². The summed E-state index contributed by atoms with van der Waals surface area (Å²) in [7, 11) is 1.32. The van der Waals surface area contributed by atoms with Crippen molar-refractivity contribution in [2.75, 3.05) is 20.3 Å². The molecule has 0 spiro atoms. The molecule has 0 bridgehead atoms. The van der Waals surface area contributed by atoms with E-state index in [-0.39, 0.29) is 18.3 Å². The zero-order valence-corrected chi connectivity index (χ0v) is 12.5. The van der Waals surface area contributed by atoms with Gasteiger partial charge in [-0.3, -0.25) is 4.79 Å². The quantitative estimate of drug-likeness (QED) is 0.750. The van der Waals surface area contributed by atoms with Crippen molar-refractivity contribution >= 4 is 5.97 Å². The monoisotopic (exact) mass is 301 g/mol. The number of halogens is 2. The van der Waals surface area contributed by atoms with Gasteiger partial charge >= 0.3 is 5.97 Å². The van der Waals surface area contributed by atoms with Crippen molar-refractivity contribution in [2.45, 2.75) is 32.2 Å². The van der Waals surface area contributed by atoms with E-state index in [4.69, 9.17) is 9.47 Å². The van der Waals surface area contributed by atoms with Crippen LogP contribution in [-0.2, 0) is 9.53 Å². The number of carbonyl (C=O) groups excluding carboxylic acids is 1. The zero-order chi connectivity index (χ0) is 15.9. The lowest BCUT2D eigenvalue weighted by Gasteiger charge is -2.27. The standard InChI is InChI=1S/C15H21F2NO3/c1-4-8-18-15(2,14(19)20-3)7-9-21-11-5-6-12(16)13(17)10-11/h5-6,10,18H,4,7-9H2,1-3H3. The number of nitrogens with one attached hydrogen (secondary N) is 1. The van der Waals surface area contributed by atoms with E-state index >= 15 is 0 Å². The summed E-state index contributed by atoms with van der Waals surface area (Å²) in [5, 5.41) is 3.11. The van der Waals surface area contributed by atoms with E-state index < -0.39 is 17.2 Å². The van der Waals surface area contributed by atoms with Crippen LogP contribution in [0, 0.1) is 11.6 Å². The molecular weight excluding hydrogens is 280 g/mol. The Morgan fingerprint density at radius 3 is 2.62 bits per heavy atom. The average molecular weight is 301 g/mol. The molecule has 1 unspecified atom stereocenters. The first-order chi connectivity index (χ1) is 9.92. The molecule has 1 atom stereocenters. The van der Waals surface area contributed by atoms with E-state index in [0.717, 1.165) is 18.6 Å². The molecule has 1 aromatic rings. The summed E-state index contributed by atoms with van der Waals surface area (Å²) in [5.41, 5.74) is -0.872. The predicted octanol–water partition coefficient (Wildman–Crippen LogP) is 2.67.